The van der Waals surface area contributed by atoms with Gasteiger partial charge in [0.25, 0.3) is 0 Å². The molecule has 0 fully saturated rings. The monoisotopic (exact) mass is 346 g/mol. The Morgan fingerprint density at radius 2 is 1.45 bits per heavy atom. The van der Waals surface area contributed by atoms with Gasteiger partial charge in [-0.25, -0.2) is 0 Å². The maximum absolute atomic E-state index is 6.40. The van der Waals surface area contributed by atoms with E-state index in [2.05, 4.69) is 60.6 Å². The van der Waals surface area contributed by atoms with Crippen LogP contribution in [-0.2, 0) is 27.7 Å². The second kappa shape index (κ2) is 9.39. The molecule has 0 unspecified atom stereocenters. The maximum atomic E-state index is 6.40. The molecule has 0 radical (unpaired) electrons. The predicted molar refractivity (Wildman–Crippen MR) is 89.0 cm³/mol. The first-order chi connectivity index (χ1) is 10.3. The van der Waals surface area contributed by atoms with Crippen molar-refractivity contribution in [2.45, 2.75) is 92.5 Å². The van der Waals surface area contributed by atoms with E-state index in [-0.39, 0.29) is 18.3 Å². The van der Waals surface area contributed by atoms with Gasteiger partial charge < -0.3 is 0 Å². The van der Waals surface area contributed by atoms with Gasteiger partial charge in [0.2, 0.25) is 0 Å². The Kier molecular flexibility index (Phi) is 8.59. The molecular formula is C18H34O3Ti. The third-order valence-electron chi connectivity index (χ3n) is 3.37. The van der Waals surface area contributed by atoms with Crippen LogP contribution < -0.4 is 0 Å². The number of rotatable bonds is 10. The minimum absolute atomic E-state index is 0.109. The van der Waals surface area contributed by atoms with Gasteiger partial charge in [0.05, 0.1) is 0 Å². The first-order valence-corrected chi connectivity index (χ1v) is 11.4. The third-order valence-corrected chi connectivity index (χ3v) is 9.01. The molecule has 1 aliphatic rings. The van der Waals surface area contributed by atoms with Crippen LogP contribution in [0.4, 0.5) is 0 Å². The van der Waals surface area contributed by atoms with Gasteiger partial charge in [-0.15, -0.1) is 0 Å². The van der Waals surface area contributed by atoms with Crippen LogP contribution in [0.2, 0.25) is 0 Å². The second-order valence-electron chi connectivity index (χ2n) is 6.77. The summed E-state index contributed by atoms with van der Waals surface area (Å²) in [6, 6.07) is 0. The quantitative estimate of drug-likeness (QED) is 0.484. The zero-order chi connectivity index (χ0) is 16.8. The first-order valence-electron chi connectivity index (χ1n) is 8.73. The number of unbranched alkanes of at least 4 members (excludes halogenated alkanes) is 1. The van der Waals surface area contributed by atoms with E-state index >= 15 is 0 Å². The Hall–Kier alpha value is 0.0743. The van der Waals surface area contributed by atoms with E-state index < -0.39 is 17.8 Å². The summed E-state index contributed by atoms with van der Waals surface area (Å²) in [6.07, 6.45) is 9.23. The van der Waals surface area contributed by atoms with Gasteiger partial charge in [-0.3, -0.25) is 0 Å². The molecule has 0 aromatic carbocycles. The molecule has 1 rings (SSSR count). The van der Waals surface area contributed by atoms with Gasteiger partial charge in [-0.1, -0.05) is 0 Å². The van der Waals surface area contributed by atoms with E-state index in [1.54, 1.807) is 0 Å². The summed E-state index contributed by atoms with van der Waals surface area (Å²) in [6.45, 7) is 14.7. The van der Waals surface area contributed by atoms with Gasteiger partial charge in [0, 0.05) is 0 Å². The van der Waals surface area contributed by atoms with Crippen molar-refractivity contribution >= 4 is 0 Å². The van der Waals surface area contributed by atoms with Crippen LogP contribution in [0.3, 0.4) is 0 Å². The molecule has 0 heterocycles. The fourth-order valence-corrected chi connectivity index (χ4v) is 8.05. The minimum atomic E-state index is -3.47. The predicted octanol–water partition coefficient (Wildman–Crippen LogP) is 5.56. The molecule has 0 N–H and O–H groups in total. The van der Waals surface area contributed by atoms with Crippen molar-refractivity contribution in [1.29, 1.82) is 0 Å². The van der Waals surface area contributed by atoms with Crippen LogP contribution in [0.1, 0.15) is 74.1 Å². The Morgan fingerprint density at radius 1 is 0.955 bits per heavy atom. The van der Waals surface area contributed by atoms with E-state index in [4.69, 9.17) is 9.96 Å². The van der Waals surface area contributed by atoms with Crippen molar-refractivity contribution in [2.24, 2.45) is 0 Å². The third kappa shape index (κ3) is 5.94. The van der Waals surface area contributed by atoms with Crippen LogP contribution in [-0.4, -0.2) is 18.3 Å². The van der Waals surface area contributed by atoms with Crippen LogP contribution in [0.25, 0.3) is 0 Å². The summed E-state index contributed by atoms with van der Waals surface area (Å²) in [5.41, 5.74) is 1.39. The number of allylic oxidation sites excluding steroid dienone is 4. The molecule has 0 aromatic rings. The first kappa shape index (κ1) is 20.1. The van der Waals surface area contributed by atoms with Crippen molar-refractivity contribution in [2.75, 3.05) is 0 Å². The standard InChI is InChI=1S/C9H13.3C3H7O.Ti/c1-2-3-6-9-7-4-5-8-9;3*1-3(2)4;/h4,7H,2-3,5-6H2,1H3;3*3H,1-2H3;/q;3*-1;+3. The molecule has 0 aromatic heterocycles. The molecule has 0 aliphatic heterocycles. The van der Waals surface area contributed by atoms with Gasteiger partial charge in [0.15, 0.2) is 0 Å². The van der Waals surface area contributed by atoms with E-state index in [1.807, 2.05) is 0 Å². The van der Waals surface area contributed by atoms with Gasteiger partial charge in [-0.2, -0.15) is 0 Å². The molecule has 0 saturated carbocycles. The molecule has 22 heavy (non-hydrogen) atoms. The fourth-order valence-electron chi connectivity index (χ4n) is 2.70. The molecule has 0 bridgehead atoms. The van der Waals surface area contributed by atoms with Gasteiger partial charge in [0.1, 0.15) is 0 Å². The fraction of sp³-hybridized carbons (Fsp3) is 0.778. The zero-order valence-electron chi connectivity index (χ0n) is 15.4. The summed E-state index contributed by atoms with van der Waals surface area (Å²) < 4.78 is 20.5. The van der Waals surface area contributed by atoms with Crippen molar-refractivity contribution < 1.29 is 27.7 Å². The van der Waals surface area contributed by atoms with Crippen molar-refractivity contribution in [3.05, 3.63) is 21.6 Å². The van der Waals surface area contributed by atoms with Crippen molar-refractivity contribution in [3.8, 4) is 0 Å². The normalized spacial score (nSPS) is 15.9. The summed E-state index contributed by atoms with van der Waals surface area (Å²) in [7, 11) is 0. The van der Waals surface area contributed by atoms with Gasteiger partial charge >= 0.3 is 142 Å². The number of hydrogen-bond acceptors (Lipinski definition) is 3. The Bertz CT molecular complexity index is 371. The summed E-state index contributed by atoms with van der Waals surface area (Å²) in [4.78, 5) is 0. The van der Waals surface area contributed by atoms with E-state index in [0.29, 0.717) is 0 Å². The van der Waals surface area contributed by atoms with Crippen LogP contribution in [0.5, 0.6) is 0 Å². The molecule has 0 amide bonds. The molecular weight excluding hydrogens is 312 g/mol. The van der Waals surface area contributed by atoms with E-state index in [9.17, 15) is 0 Å². The van der Waals surface area contributed by atoms with Crippen LogP contribution >= 0.6 is 0 Å². The summed E-state index contributed by atoms with van der Waals surface area (Å²) >= 11 is -3.47. The SMILES string of the molecule is CCCCC1=[C]([Ti]([O]C(C)C)([O]C(C)C)[O]C(C)C)CC=C1. The Morgan fingerprint density at radius 3 is 1.86 bits per heavy atom. The average Bonchev–Trinajstić information content (AvgIpc) is 2.82. The molecule has 0 atom stereocenters. The average molecular weight is 346 g/mol. The summed E-state index contributed by atoms with van der Waals surface area (Å²) in [5.74, 6) is 0. The number of hydrogen-bond donors (Lipinski definition) is 0. The molecule has 3 nitrogen and oxygen atoms in total. The molecule has 4 heteroatoms. The molecule has 128 valence electrons. The Labute approximate surface area is 141 Å². The van der Waals surface area contributed by atoms with Crippen molar-refractivity contribution in [1.82, 2.24) is 0 Å². The second-order valence-corrected chi connectivity index (χ2v) is 10.6. The summed E-state index contributed by atoms with van der Waals surface area (Å²) in [5, 5.41) is 0. The van der Waals surface area contributed by atoms with E-state index in [0.717, 1.165) is 12.8 Å². The zero-order valence-corrected chi connectivity index (χ0v) is 17.0. The topological polar surface area (TPSA) is 27.7 Å². The van der Waals surface area contributed by atoms with Crippen molar-refractivity contribution in [3.63, 3.8) is 0 Å². The molecule has 0 spiro atoms. The van der Waals surface area contributed by atoms with Crippen LogP contribution in [0.15, 0.2) is 21.6 Å². The molecule has 0 saturated heterocycles. The Balaban J connectivity index is 3.20. The van der Waals surface area contributed by atoms with E-state index in [1.165, 1.54) is 22.3 Å². The van der Waals surface area contributed by atoms with Gasteiger partial charge in [-0.05, 0) is 0 Å². The van der Waals surface area contributed by atoms with Crippen LogP contribution in [0, 0.1) is 0 Å². The molecule has 1 aliphatic carbocycles.